The lowest BCUT2D eigenvalue weighted by Gasteiger charge is -2.35. The highest BCUT2D eigenvalue weighted by atomic mass is 15.0. The summed E-state index contributed by atoms with van der Waals surface area (Å²) in [7, 11) is 0. The summed E-state index contributed by atoms with van der Waals surface area (Å²) < 4.78 is 0. The van der Waals surface area contributed by atoms with Crippen molar-refractivity contribution in [2.45, 2.75) is 38.3 Å². The molecule has 7 N–H and O–H groups in total. The first-order chi connectivity index (χ1) is 4.13. The van der Waals surface area contributed by atoms with Gasteiger partial charge in [-0.05, 0) is 18.8 Å². The minimum atomic E-state index is -0.363. The lowest BCUT2D eigenvalue weighted by Crippen LogP contribution is -2.56. The van der Waals surface area contributed by atoms with E-state index in [1.807, 2.05) is 0 Å². The van der Waals surface area contributed by atoms with Crippen molar-refractivity contribution in [3.8, 4) is 0 Å². The first kappa shape index (κ1) is 9.88. The number of hydrogen-bond donors (Lipinski definition) is 3. The average Bonchev–Trinajstić information content (AvgIpc) is 1.77. The van der Waals surface area contributed by atoms with E-state index in [1.54, 1.807) is 0 Å². The first-order valence-corrected chi connectivity index (χ1v) is 3.71. The van der Waals surface area contributed by atoms with Gasteiger partial charge in [0.2, 0.25) is 0 Å². The van der Waals surface area contributed by atoms with Crippen LogP contribution in [0.5, 0.6) is 0 Å². The highest BCUT2D eigenvalue weighted by Gasteiger charge is 2.29. The van der Waals surface area contributed by atoms with Crippen LogP contribution in [0.2, 0.25) is 0 Å². The fourth-order valence-electron chi connectivity index (χ4n) is 1.40. The van der Waals surface area contributed by atoms with Gasteiger partial charge in [0.05, 0.1) is 5.66 Å². The van der Waals surface area contributed by atoms with Crippen LogP contribution in [0.4, 0.5) is 0 Å². The third-order valence-corrected chi connectivity index (χ3v) is 2.41. The zero-order valence-electron chi connectivity index (χ0n) is 6.77. The SMILES string of the molecule is CC1CCCCC1(N)N.N. The van der Waals surface area contributed by atoms with E-state index in [1.165, 1.54) is 19.3 Å². The molecule has 0 aromatic rings. The maximum atomic E-state index is 5.80. The Labute approximate surface area is 62.7 Å². The lowest BCUT2D eigenvalue weighted by molar-refractivity contribution is 0.212. The summed E-state index contributed by atoms with van der Waals surface area (Å²) in [5.74, 6) is 0.506. The summed E-state index contributed by atoms with van der Waals surface area (Å²) in [5.41, 5.74) is 11.2. The molecule has 0 aromatic heterocycles. The zero-order chi connectivity index (χ0) is 6.91. The Kier molecular flexibility index (Phi) is 3.28. The minimum Gasteiger partial charge on any atom is -0.344 e. The molecule has 1 rings (SSSR count). The second-order valence-electron chi connectivity index (χ2n) is 3.26. The molecule has 62 valence electrons. The maximum Gasteiger partial charge on any atom is 0.0662 e. The molecule has 0 spiro atoms. The Morgan fingerprint density at radius 1 is 1.30 bits per heavy atom. The first-order valence-electron chi connectivity index (χ1n) is 3.71. The normalized spacial score (nSPS) is 30.9. The molecule has 0 heterocycles. The molecule has 1 aliphatic carbocycles. The molecule has 1 aliphatic rings. The van der Waals surface area contributed by atoms with Gasteiger partial charge in [-0.25, -0.2) is 0 Å². The van der Waals surface area contributed by atoms with Gasteiger partial charge in [0, 0.05) is 0 Å². The number of nitrogens with two attached hydrogens (primary N) is 2. The molecule has 1 fully saturated rings. The van der Waals surface area contributed by atoms with Crippen LogP contribution >= 0.6 is 0 Å². The molecule has 0 aromatic carbocycles. The van der Waals surface area contributed by atoms with Gasteiger partial charge in [0.15, 0.2) is 0 Å². The average molecular weight is 145 g/mol. The van der Waals surface area contributed by atoms with E-state index in [4.69, 9.17) is 11.5 Å². The van der Waals surface area contributed by atoms with Crippen LogP contribution in [0.3, 0.4) is 0 Å². The van der Waals surface area contributed by atoms with Gasteiger partial charge in [-0.2, -0.15) is 0 Å². The Balaban J connectivity index is 0.000000810. The van der Waals surface area contributed by atoms with Crippen LogP contribution in [0.25, 0.3) is 0 Å². The topological polar surface area (TPSA) is 87.0 Å². The van der Waals surface area contributed by atoms with Gasteiger partial charge in [-0.3, -0.25) is 0 Å². The summed E-state index contributed by atoms with van der Waals surface area (Å²) in [6.45, 7) is 2.14. The minimum absolute atomic E-state index is 0. The lowest BCUT2D eigenvalue weighted by atomic mass is 9.81. The van der Waals surface area contributed by atoms with Crippen molar-refractivity contribution in [3.05, 3.63) is 0 Å². The largest absolute Gasteiger partial charge is 0.344 e. The molecule has 1 unspecified atom stereocenters. The third kappa shape index (κ3) is 1.94. The van der Waals surface area contributed by atoms with Crippen LogP contribution in [0, 0.1) is 5.92 Å². The second-order valence-corrected chi connectivity index (χ2v) is 3.26. The summed E-state index contributed by atoms with van der Waals surface area (Å²) >= 11 is 0. The van der Waals surface area contributed by atoms with Crippen molar-refractivity contribution in [2.24, 2.45) is 17.4 Å². The molecular formula is C7H19N3. The fraction of sp³-hybridized carbons (Fsp3) is 1.00. The zero-order valence-corrected chi connectivity index (χ0v) is 6.77. The molecule has 0 saturated heterocycles. The van der Waals surface area contributed by atoms with Crippen molar-refractivity contribution >= 4 is 0 Å². The predicted molar refractivity (Wildman–Crippen MR) is 43.8 cm³/mol. The number of rotatable bonds is 0. The van der Waals surface area contributed by atoms with Crippen LogP contribution in [0.15, 0.2) is 0 Å². The quantitative estimate of drug-likeness (QED) is 0.444. The van der Waals surface area contributed by atoms with E-state index in [0.717, 1.165) is 6.42 Å². The number of hydrogen-bond acceptors (Lipinski definition) is 3. The van der Waals surface area contributed by atoms with Gasteiger partial charge in [0.25, 0.3) is 0 Å². The van der Waals surface area contributed by atoms with Crippen molar-refractivity contribution in [2.75, 3.05) is 0 Å². The smallest absolute Gasteiger partial charge is 0.0662 e. The highest BCUT2D eigenvalue weighted by molar-refractivity contribution is 4.86. The van der Waals surface area contributed by atoms with Gasteiger partial charge < -0.3 is 17.6 Å². The van der Waals surface area contributed by atoms with Crippen LogP contribution in [-0.2, 0) is 0 Å². The molecule has 3 heteroatoms. The third-order valence-electron chi connectivity index (χ3n) is 2.41. The Morgan fingerprint density at radius 3 is 2.20 bits per heavy atom. The van der Waals surface area contributed by atoms with Gasteiger partial charge in [0.1, 0.15) is 0 Å². The van der Waals surface area contributed by atoms with E-state index in [2.05, 4.69) is 6.92 Å². The van der Waals surface area contributed by atoms with Gasteiger partial charge >= 0.3 is 0 Å². The van der Waals surface area contributed by atoms with Gasteiger partial charge in [-0.1, -0.05) is 19.8 Å². The Hall–Kier alpha value is -0.120. The molecule has 3 nitrogen and oxygen atoms in total. The van der Waals surface area contributed by atoms with E-state index in [9.17, 15) is 0 Å². The van der Waals surface area contributed by atoms with Gasteiger partial charge in [-0.15, -0.1) is 0 Å². The Morgan fingerprint density at radius 2 is 1.90 bits per heavy atom. The van der Waals surface area contributed by atoms with E-state index >= 15 is 0 Å². The van der Waals surface area contributed by atoms with E-state index in [0.29, 0.717) is 5.92 Å². The van der Waals surface area contributed by atoms with E-state index < -0.39 is 0 Å². The molecular weight excluding hydrogens is 126 g/mol. The van der Waals surface area contributed by atoms with Crippen LogP contribution in [-0.4, -0.2) is 5.66 Å². The molecule has 0 amide bonds. The maximum absolute atomic E-state index is 5.80. The summed E-state index contributed by atoms with van der Waals surface area (Å²) in [4.78, 5) is 0. The van der Waals surface area contributed by atoms with E-state index in [-0.39, 0.29) is 11.8 Å². The summed E-state index contributed by atoms with van der Waals surface area (Å²) in [6.07, 6.45) is 4.70. The second kappa shape index (κ2) is 3.32. The summed E-state index contributed by atoms with van der Waals surface area (Å²) in [5, 5.41) is 0. The standard InChI is InChI=1S/C7H16N2.H3N/c1-6-4-2-3-5-7(6,8)9;/h6H,2-5,8-9H2,1H3;1H3. The van der Waals surface area contributed by atoms with Crippen molar-refractivity contribution in [3.63, 3.8) is 0 Å². The molecule has 10 heavy (non-hydrogen) atoms. The van der Waals surface area contributed by atoms with Crippen LogP contribution < -0.4 is 17.6 Å². The molecule has 0 radical (unpaired) electrons. The van der Waals surface area contributed by atoms with Crippen molar-refractivity contribution < 1.29 is 0 Å². The monoisotopic (exact) mass is 145 g/mol. The van der Waals surface area contributed by atoms with Crippen LogP contribution in [0.1, 0.15) is 32.6 Å². The fourth-order valence-corrected chi connectivity index (χ4v) is 1.40. The molecule has 0 bridgehead atoms. The van der Waals surface area contributed by atoms with Crippen molar-refractivity contribution in [1.82, 2.24) is 6.15 Å². The molecule has 1 atom stereocenters. The molecule has 1 saturated carbocycles. The predicted octanol–water partition coefficient (Wildman–Crippen LogP) is 0.972. The van der Waals surface area contributed by atoms with Crippen molar-refractivity contribution in [1.29, 1.82) is 0 Å². The molecule has 0 aliphatic heterocycles. The Bertz CT molecular complexity index is 101. The summed E-state index contributed by atoms with van der Waals surface area (Å²) in [6, 6.07) is 0. The highest BCUT2D eigenvalue weighted by Crippen LogP contribution is 2.26.